The fourth-order valence-electron chi connectivity index (χ4n) is 2.42. The highest BCUT2D eigenvalue weighted by Gasteiger charge is 2.28. The lowest BCUT2D eigenvalue weighted by atomic mass is 10.1. The van der Waals surface area contributed by atoms with Crippen LogP contribution in [0.4, 0.5) is 0 Å². The van der Waals surface area contributed by atoms with Crippen molar-refractivity contribution >= 4 is 15.9 Å². The predicted octanol–water partition coefficient (Wildman–Crippen LogP) is 1.77. The zero-order chi connectivity index (χ0) is 18.7. The van der Waals surface area contributed by atoms with E-state index in [-0.39, 0.29) is 23.4 Å². The van der Waals surface area contributed by atoms with Gasteiger partial charge in [-0.1, -0.05) is 12.1 Å². The van der Waals surface area contributed by atoms with Crippen LogP contribution in [-0.2, 0) is 16.6 Å². The van der Waals surface area contributed by atoms with Gasteiger partial charge in [-0.15, -0.1) is 0 Å². The highest BCUT2D eigenvalue weighted by molar-refractivity contribution is 7.89. The van der Waals surface area contributed by atoms with E-state index in [2.05, 4.69) is 15.0 Å². The third kappa shape index (κ3) is 4.39. The van der Waals surface area contributed by atoms with Crippen molar-refractivity contribution in [2.24, 2.45) is 0 Å². The van der Waals surface area contributed by atoms with Crippen molar-refractivity contribution in [3.05, 3.63) is 53.2 Å². The Morgan fingerprint density at radius 2 is 2.04 bits per heavy atom. The van der Waals surface area contributed by atoms with Crippen LogP contribution in [0.25, 0.3) is 0 Å². The molecular formula is C18H21N3O4S. The molecule has 1 amide bonds. The third-order valence-corrected chi connectivity index (χ3v) is 5.64. The molecule has 26 heavy (non-hydrogen) atoms. The van der Waals surface area contributed by atoms with E-state index in [1.54, 1.807) is 31.3 Å². The zero-order valence-electron chi connectivity index (χ0n) is 14.7. The molecule has 2 aromatic rings. The second-order valence-electron chi connectivity index (χ2n) is 6.26. The van der Waals surface area contributed by atoms with Crippen LogP contribution in [0.1, 0.15) is 34.3 Å². The maximum absolute atomic E-state index is 12.5. The molecular weight excluding hydrogens is 354 g/mol. The number of carbonyl (C=O) groups excluding carboxylic acids is 1. The van der Waals surface area contributed by atoms with Crippen LogP contribution in [0, 0.1) is 6.92 Å². The van der Waals surface area contributed by atoms with Gasteiger partial charge in [-0.25, -0.2) is 18.1 Å². The van der Waals surface area contributed by atoms with E-state index in [1.807, 2.05) is 0 Å². The monoisotopic (exact) mass is 375 g/mol. The molecule has 1 aliphatic rings. The van der Waals surface area contributed by atoms with Crippen molar-refractivity contribution in [1.29, 1.82) is 0 Å². The molecule has 0 aliphatic heterocycles. The van der Waals surface area contributed by atoms with Crippen LogP contribution >= 0.6 is 0 Å². The van der Waals surface area contributed by atoms with Gasteiger partial charge in [-0.3, -0.25) is 4.79 Å². The van der Waals surface area contributed by atoms with E-state index >= 15 is 0 Å². The highest BCUT2D eigenvalue weighted by Crippen LogP contribution is 2.23. The number of rotatable bonds is 7. The van der Waals surface area contributed by atoms with Gasteiger partial charge >= 0.3 is 0 Å². The first-order valence-electron chi connectivity index (χ1n) is 8.29. The third-order valence-electron chi connectivity index (χ3n) is 4.12. The second kappa shape index (κ2) is 7.43. The zero-order valence-corrected chi connectivity index (χ0v) is 15.5. The minimum atomic E-state index is -3.60. The smallest absolute Gasteiger partial charge is 0.251 e. The Kier molecular flexibility index (Phi) is 5.24. The fourth-order valence-corrected chi connectivity index (χ4v) is 3.75. The first kappa shape index (κ1) is 18.3. The van der Waals surface area contributed by atoms with Crippen molar-refractivity contribution in [3.63, 3.8) is 0 Å². The molecule has 0 bridgehead atoms. The van der Waals surface area contributed by atoms with Gasteiger partial charge in [-0.2, -0.15) is 0 Å². The Hall–Kier alpha value is -2.45. The number of carbonyl (C=O) groups is 1. The molecule has 1 aromatic heterocycles. The van der Waals surface area contributed by atoms with Crippen molar-refractivity contribution in [2.45, 2.75) is 37.2 Å². The van der Waals surface area contributed by atoms with Crippen LogP contribution in [0.15, 0.2) is 41.4 Å². The number of nitrogens with one attached hydrogen (secondary N) is 2. The number of benzene rings is 1. The van der Waals surface area contributed by atoms with E-state index in [0.29, 0.717) is 17.0 Å². The van der Waals surface area contributed by atoms with Gasteiger partial charge in [0.1, 0.15) is 0 Å². The maximum Gasteiger partial charge on any atom is 0.251 e. The van der Waals surface area contributed by atoms with Crippen LogP contribution in [0.2, 0.25) is 0 Å². The van der Waals surface area contributed by atoms with Crippen molar-refractivity contribution in [2.75, 3.05) is 7.11 Å². The summed E-state index contributed by atoms with van der Waals surface area (Å²) in [5.74, 6) is 0.166. The summed E-state index contributed by atoms with van der Waals surface area (Å²) in [6.07, 6.45) is 3.33. The minimum Gasteiger partial charge on any atom is -0.481 e. The summed E-state index contributed by atoms with van der Waals surface area (Å²) in [5.41, 5.74) is 1.86. The molecule has 0 spiro atoms. The molecule has 0 unspecified atom stereocenters. The summed E-state index contributed by atoms with van der Waals surface area (Å²) in [6, 6.07) is 8.11. The first-order valence-corrected chi connectivity index (χ1v) is 9.77. The minimum absolute atomic E-state index is 0.0150. The number of methoxy groups -OCH3 is 1. The molecule has 1 fully saturated rings. The molecule has 7 nitrogen and oxygen atoms in total. The normalized spacial score (nSPS) is 14.1. The summed E-state index contributed by atoms with van der Waals surface area (Å²) in [7, 11) is -2.07. The first-order chi connectivity index (χ1) is 12.4. The van der Waals surface area contributed by atoms with Crippen molar-refractivity contribution in [1.82, 2.24) is 15.0 Å². The Labute approximate surface area is 152 Å². The average molecular weight is 375 g/mol. The van der Waals surface area contributed by atoms with E-state index in [9.17, 15) is 13.2 Å². The van der Waals surface area contributed by atoms with Crippen LogP contribution in [0.3, 0.4) is 0 Å². The van der Waals surface area contributed by atoms with Gasteiger partial charge in [0.25, 0.3) is 5.91 Å². The molecule has 1 heterocycles. The molecule has 8 heteroatoms. The van der Waals surface area contributed by atoms with Gasteiger partial charge < -0.3 is 10.1 Å². The predicted molar refractivity (Wildman–Crippen MR) is 96.5 cm³/mol. The summed E-state index contributed by atoms with van der Waals surface area (Å²) < 4.78 is 32.3. The number of nitrogens with zero attached hydrogens (tertiary/aromatic N) is 1. The number of aromatic nitrogens is 1. The SMILES string of the molecule is COc1ccc(CNC(=O)c2cc(S(=O)(=O)NC3CC3)ccc2C)cn1. The summed E-state index contributed by atoms with van der Waals surface area (Å²) in [4.78, 5) is 16.7. The molecule has 1 aromatic carbocycles. The lowest BCUT2D eigenvalue weighted by molar-refractivity contribution is 0.0950. The van der Waals surface area contributed by atoms with Crippen molar-refractivity contribution in [3.8, 4) is 5.88 Å². The molecule has 0 saturated heterocycles. The standard InChI is InChI=1S/C18H21N3O4S/c1-12-3-7-15(26(23,24)21-14-5-6-14)9-16(12)18(22)20-11-13-4-8-17(25-2)19-10-13/h3-4,7-10,14,21H,5-6,11H2,1-2H3,(H,20,22). The van der Waals surface area contributed by atoms with Gasteiger partial charge in [0, 0.05) is 30.4 Å². The average Bonchev–Trinajstić information content (AvgIpc) is 3.43. The maximum atomic E-state index is 12.5. The molecule has 2 N–H and O–H groups in total. The van der Waals surface area contributed by atoms with Crippen LogP contribution in [0.5, 0.6) is 5.88 Å². The van der Waals surface area contributed by atoms with Gasteiger partial charge in [0.2, 0.25) is 15.9 Å². The Morgan fingerprint density at radius 3 is 2.65 bits per heavy atom. The van der Waals surface area contributed by atoms with Crippen LogP contribution in [-0.4, -0.2) is 32.5 Å². The van der Waals surface area contributed by atoms with E-state index in [0.717, 1.165) is 18.4 Å². The number of ether oxygens (including phenoxy) is 1. The lowest BCUT2D eigenvalue weighted by Gasteiger charge is -2.11. The number of aryl methyl sites for hydroxylation is 1. The van der Waals surface area contributed by atoms with E-state index in [4.69, 9.17) is 4.74 Å². The quantitative estimate of drug-likeness (QED) is 0.769. The van der Waals surface area contributed by atoms with Crippen LogP contribution < -0.4 is 14.8 Å². The molecule has 3 rings (SSSR count). The summed E-state index contributed by atoms with van der Waals surface area (Å²) in [6.45, 7) is 2.06. The Bertz CT molecular complexity index is 907. The number of hydrogen-bond acceptors (Lipinski definition) is 5. The summed E-state index contributed by atoms with van der Waals surface area (Å²) in [5, 5.41) is 2.79. The van der Waals surface area contributed by atoms with Gasteiger partial charge in [0.15, 0.2) is 0 Å². The van der Waals surface area contributed by atoms with E-state index in [1.165, 1.54) is 19.2 Å². The Balaban J connectivity index is 1.72. The lowest BCUT2D eigenvalue weighted by Crippen LogP contribution is -2.27. The van der Waals surface area contributed by atoms with Gasteiger partial charge in [-0.05, 0) is 43.0 Å². The number of pyridine rings is 1. The number of hydrogen-bond donors (Lipinski definition) is 2. The fraction of sp³-hybridized carbons (Fsp3) is 0.333. The van der Waals surface area contributed by atoms with Gasteiger partial charge in [0.05, 0.1) is 12.0 Å². The van der Waals surface area contributed by atoms with Crippen molar-refractivity contribution < 1.29 is 17.9 Å². The molecule has 1 aliphatic carbocycles. The highest BCUT2D eigenvalue weighted by atomic mass is 32.2. The topological polar surface area (TPSA) is 97.4 Å². The number of amides is 1. The molecule has 0 radical (unpaired) electrons. The largest absolute Gasteiger partial charge is 0.481 e. The molecule has 138 valence electrons. The number of sulfonamides is 1. The molecule has 0 atom stereocenters. The van der Waals surface area contributed by atoms with E-state index < -0.39 is 10.0 Å². The summed E-state index contributed by atoms with van der Waals surface area (Å²) >= 11 is 0. The second-order valence-corrected chi connectivity index (χ2v) is 7.98. The Morgan fingerprint density at radius 1 is 1.27 bits per heavy atom. The molecule has 1 saturated carbocycles.